The Balaban J connectivity index is 2.00. The molecule has 120 valence electrons. The Kier molecular flexibility index (Phi) is 3.70. The quantitative estimate of drug-likeness (QED) is 0.746. The Morgan fingerprint density at radius 1 is 1.26 bits per heavy atom. The maximum atomic E-state index is 13.0. The van der Waals surface area contributed by atoms with Gasteiger partial charge in [-0.05, 0) is 24.3 Å². The number of rotatable bonds is 4. The van der Waals surface area contributed by atoms with E-state index in [2.05, 4.69) is 14.8 Å². The lowest BCUT2D eigenvalue weighted by molar-refractivity contribution is 0.383. The third-order valence-corrected chi connectivity index (χ3v) is 3.74. The first-order valence-corrected chi connectivity index (χ1v) is 7.17. The molecule has 0 aliphatic carbocycles. The second kappa shape index (κ2) is 5.68. The molecule has 0 fully saturated rings. The Morgan fingerprint density at radius 3 is 2.57 bits per heavy atom. The maximum Gasteiger partial charge on any atom is 0.456 e. The van der Waals surface area contributed by atoms with Crippen molar-refractivity contribution >= 4 is 17.1 Å². The molecule has 0 saturated carbocycles. The predicted molar refractivity (Wildman–Crippen MR) is 76.0 cm³/mol. The van der Waals surface area contributed by atoms with Crippen molar-refractivity contribution < 1.29 is 21.8 Å². The van der Waals surface area contributed by atoms with Crippen LogP contribution in [-0.4, -0.2) is 18.5 Å². The number of aryl methyl sites for hydroxylation is 1. The predicted octanol–water partition coefficient (Wildman–Crippen LogP) is 1.03. The summed E-state index contributed by atoms with van der Waals surface area (Å²) in [6, 6.07) is 5.01. The van der Waals surface area contributed by atoms with Gasteiger partial charge in [-0.1, -0.05) is 10.3 Å². The topological polar surface area (TPSA) is 126 Å². The summed E-state index contributed by atoms with van der Waals surface area (Å²) in [6.07, 6.45) is 0. The van der Waals surface area contributed by atoms with Crippen molar-refractivity contribution in [2.45, 2.75) is 6.92 Å². The minimum absolute atomic E-state index is 0.0681. The third-order valence-electron chi connectivity index (χ3n) is 2.81. The van der Waals surface area contributed by atoms with Crippen LogP contribution >= 0.6 is 0 Å². The number of hydrogen-bond acceptors (Lipinski definition) is 8. The SMILES string of the molecule is Cc1onc(N)c1OS(=O)n1c(-c2ccc(F)cc2)noc1=O. The molecule has 0 spiro atoms. The van der Waals surface area contributed by atoms with E-state index in [4.69, 9.17) is 14.4 Å². The van der Waals surface area contributed by atoms with Crippen LogP contribution < -0.4 is 15.7 Å². The van der Waals surface area contributed by atoms with Crippen LogP contribution in [0.3, 0.4) is 0 Å². The summed E-state index contributed by atoms with van der Waals surface area (Å²) in [5, 5.41) is 6.96. The van der Waals surface area contributed by atoms with Gasteiger partial charge in [0.1, 0.15) is 5.82 Å². The number of nitrogens with two attached hydrogens (primary N) is 1. The molecule has 3 rings (SSSR count). The lowest BCUT2D eigenvalue weighted by Crippen LogP contribution is -2.23. The van der Waals surface area contributed by atoms with Crippen LogP contribution in [0.5, 0.6) is 5.75 Å². The first kappa shape index (κ1) is 15.0. The van der Waals surface area contributed by atoms with Gasteiger partial charge in [-0.15, -0.1) is 3.97 Å². The van der Waals surface area contributed by atoms with Gasteiger partial charge < -0.3 is 14.4 Å². The highest BCUT2D eigenvalue weighted by molar-refractivity contribution is 7.79. The third kappa shape index (κ3) is 2.73. The second-order valence-corrected chi connectivity index (χ2v) is 5.29. The number of hydrogen-bond donors (Lipinski definition) is 1. The molecule has 0 radical (unpaired) electrons. The van der Waals surface area contributed by atoms with Gasteiger partial charge in [0.25, 0.3) is 0 Å². The molecular weight excluding hydrogens is 331 g/mol. The lowest BCUT2D eigenvalue weighted by Gasteiger charge is -2.05. The molecule has 23 heavy (non-hydrogen) atoms. The number of anilines is 1. The fourth-order valence-corrected chi connectivity index (χ4v) is 2.59. The van der Waals surface area contributed by atoms with E-state index in [0.29, 0.717) is 9.54 Å². The first-order valence-electron chi connectivity index (χ1n) is 6.14. The van der Waals surface area contributed by atoms with Crippen LogP contribution in [0.2, 0.25) is 0 Å². The monoisotopic (exact) mass is 340 g/mol. The number of nitrogens with zero attached hydrogens (tertiary/aromatic N) is 3. The van der Waals surface area contributed by atoms with E-state index in [9.17, 15) is 13.4 Å². The summed E-state index contributed by atoms with van der Waals surface area (Å²) in [7, 11) is 0. The van der Waals surface area contributed by atoms with E-state index in [-0.39, 0.29) is 23.2 Å². The highest BCUT2D eigenvalue weighted by atomic mass is 32.2. The van der Waals surface area contributed by atoms with Crippen molar-refractivity contribution in [1.82, 2.24) is 14.3 Å². The van der Waals surface area contributed by atoms with Crippen LogP contribution in [0.15, 0.2) is 38.1 Å². The van der Waals surface area contributed by atoms with E-state index in [0.717, 1.165) is 12.1 Å². The number of nitrogen functional groups attached to an aromatic ring is 1. The Hall–Kier alpha value is -2.95. The summed E-state index contributed by atoms with van der Waals surface area (Å²) in [4.78, 5) is 11.7. The van der Waals surface area contributed by atoms with Crippen LogP contribution in [-0.2, 0) is 11.3 Å². The van der Waals surface area contributed by atoms with E-state index < -0.39 is 22.8 Å². The van der Waals surface area contributed by atoms with E-state index >= 15 is 0 Å². The lowest BCUT2D eigenvalue weighted by atomic mass is 10.2. The average Bonchev–Trinajstić information content (AvgIpc) is 3.05. The van der Waals surface area contributed by atoms with Gasteiger partial charge in [0.2, 0.25) is 17.4 Å². The van der Waals surface area contributed by atoms with Crippen LogP contribution in [0, 0.1) is 12.7 Å². The molecular formula is C12H9FN4O5S. The Morgan fingerprint density at radius 2 is 1.96 bits per heavy atom. The van der Waals surface area contributed by atoms with E-state index in [1.54, 1.807) is 0 Å². The van der Waals surface area contributed by atoms with Crippen LogP contribution in [0.25, 0.3) is 11.4 Å². The van der Waals surface area contributed by atoms with Gasteiger partial charge in [-0.3, -0.25) is 4.52 Å². The first-order chi connectivity index (χ1) is 11.0. The fourth-order valence-electron chi connectivity index (χ4n) is 1.73. The maximum absolute atomic E-state index is 13.0. The minimum atomic E-state index is -2.36. The molecule has 0 bridgehead atoms. The van der Waals surface area contributed by atoms with Crippen molar-refractivity contribution in [2.75, 3.05) is 5.73 Å². The van der Waals surface area contributed by atoms with Gasteiger partial charge in [0.15, 0.2) is 5.76 Å². The van der Waals surface area contributed by atoms with Gasteiger partial charge in [0, 0.05) is 12.5 Å². The van der Waals surface area contributed by atoms with Gasteiger partial charge >= 0.3 is 17.0 Å². The van der Waals surface area contributed by atoms with E-state index in [1.165, 1.54) is 19.1 Å². The van der Waals surface area contributed by atoms with Crippen molar-refractivity contribution in [3.8, 4) is 17.1 Å². The molecule has 1 unspecified atom stereocenters. The van der Waals surface area contributed by atoms with Crippen LogP contribution in [0.4, 0.5) is 10.2 Å². The molecule has 3 aromatic rings. The largest absolute Gasteiger partial charge is 0.456 e. The molecule has 2 aromatic heterocycles. The smallest absolute Gasteiger partial charge is 0.378 e. The number of benzene rings is 1. The molecule has 9 nitrogen and oxygen atoms in total. The van der Waals surface area contributed by atoms with E-state index in [1.807, 2.05) is 0 Å². The summed E-state index contributed by atoms with van der Waals surface area (Å²) < 4.78 is 40.3. The van der Waals surface area contributed by atoms with Crippen molar-refractivity contribution in [1.29, 1.82) is 0 Å². The molecule has 1 aromatic carbocycles. The molecule has 1 atom stereocenters. The summed E-state index contributed by atoms with van der Waals surface area (Å²) in [5.41, 5.74) is 5.82. The Labute approximate surface area is 130 Å². The highest BCUT2D eigenvalue weighted by Gasteiger charge is 2.23. The molecule has 0 saturated heterocycles. The molecule has 0 amide bonds. The van der Waals surface area contributed by atoms with Crippen molar-refractivity contribution in [3.63, 3.8) is 0 Å². The van der Waals surface area contributed by atoms with Crippen molar-refractivity contribution in [2.24, 2.45) is 0 Å². The standard InChI is InChI=1S/C12H9FN4O5S/c1-6-9(10(14)15-20-6)22-23(19)17-11(16-21-12(17)18)7-2-4-8(13)5-3-7/h2-5H,1H3,(H2,14,15). The summed E-state index contributed by atoms with van der Waals surface area (Å²) in [6.45, 7) is 1.49. The normalized spacial score (nSPS) is 12.3. The summed E-state index contributed by atoms with van der Waals surface area (Å²) >= 11 is -2.36. The number of halogens is 1. The number of aromatic nitrogens is 3. The average molecular weight is 340 g/mol. The summed E-state index contributed by atoms with van der Waals surface area (Å²) in [5.74, 6) is -1.60. The van der Waals surface area contributed by atoms with Gasteiger partial charge in [0.05, 0.1) is 0 Å². The molecule has 2 heterocycles. The zero-order chi connectivity index (χ0) is 16.6. The highest BCUT2D eigenvalue weighted by Crippen LogP contribution is 2.26. The van der Waals surface area contributed by atoms with Gasteiger partial charge in [-0.2, -0.15) is 4.21 Å². The molecule has 11 heteroatoms. The van der Waals surface area contributed by atoms with Crippen LogP contribution in [0.1, 0.15) is 5.76 Å². The molecule has 0 aliphatic rings. The fraction of sp³-hybridized carbons (Fsp3) is 0.0833. The Bertz CT molecular complexity index is 910. The second-order valence-electron chi connectivity index (χ2n) is 4.33. The zero-order valence-electron chi connectivity index (χ0n) is 11.6. The van der Waals surface area contributed by atoms with Gasteiger partial charge in [-0.25, -0.2) is 9.18 Å². The molecule has 2 N–H and O–H groups in total. The van der Waals surface area contributed by atoms with Crippen molar-refractivity contribution in [3.05, 3.63) is 46.4 Å². The molecule has 0 aliphatic heterocycles. The zero-order valence-corrected chi connectivity index (χ0v) is 12.4. The minimum Gasteiger partial charge on any atom is -0.378 e.